The first-order chi connectivity index (χ1) is 12.9. The van der Waals surface area contributed by atoms with Gasteiger partial charge in [0.25, 0.3) is 0 Å². The van der Waals surface area contributed by atoms with Crippen LogP contribution in [0.3, 0.4) is 0 Å². The quantitative estimate of drug-likeness (QED) is 0.649. The zero-order chi connectivity index (χ0) is 19.6. The molecule has 3 aromatic rings. The van der Waals surface area contributed by atoms with E-state index in [-0.39, 0.29) is 5.91 Å². The van der Waals surface area contributed by atoms with E-state index in [1.807, 2.05) is 49.6 Å². The molecule has 3 rings (SSSR count). The van der Waals surface area contributed by atoms with Gasteiger partial charge in [-0.05, 0) is 51.8 Å². The number of anilines is 1. The van der Waals surface area contributed by atoms with Gasteiger partial charge < -0.3 is 14.5 Å². The summed E-state index contributed by atoms with van der Waals surface area (Å²) in [7, 11) is 0. The first-order valence-corrected chi connectivity index (χ1v) is 9.73. The van der Waals surface area contributed by atoms with E-state index >= 15 is 0 Å². The van der Waals surface area contributed by atoms with E-state index < -0.39 is 5.97 Å². The number of aromatic nitrogens is 2. The molecule has 0 saturated carbocycles. The first kappa shape index (κ1) is 19.1. The predicted molar refractivity (Wildman–Crippen MR) is 107 cm³/mol. The number of nitrogens with one attached hydrogen (secondary N) is 1. The summed E-state index contributed by atoms with van der Waals surface area (Å²) in [6.45, 7) is 7.82. The van der Waals surface area contributed by atoms with Gasteiger partial charge in [0.05, 0.1) is 17.9 Å². The molecule has 0 aromatic carbocycles. The van der Waals surface area contributed by atoms with Crippen molar-refractivity contribution in [2.45, 2.75) is 40.5 Å². The Labute approximate surface area is 162 Å². The molecule has 0 aliphatic heterocycles. The zero-order valence-electron chi connectivity index (χ0n) is 16.0. The van der Waals surface area contributed by atoms with Crippen LogP contribution in [0.5, 0.6) is 0 Å². The molecular formula is C20H23N3O3S. The maximum Gasteiger partial charge on any atom is 0.341 e. The number of carbonyl (C=O) groups excluding carboxylic acids is 2. The van der Waals surface area contributed by atoms with Crippen LogP contribution in [0.4, 0.5) is 5.00 Å². The van der Waals surface area contributed by atoms with Crippen LogP contribution in [0, 0.1) is 20.8 Å². The van der Waals surface area contributed by atoms with E-state index in [1.165, 1.54) is 11.3 Å². The van der Waals surface area contributed by atoms with Gasteiger partial charge >= 0.3 is 5.97 Å². The fourth-order valence-corrected chi connectivity index (χ4v) is 4.12. The maximum atomic E-state index is 12.5. The number of amides is 1. The van der Waals surface area contributed by atoms with Crippen molar-refractivity contribution in [3.63, 3.8) is 0 Å². The van der Waals surface area contributed by atoms with Crippen LogP contribution >= 0.6 is 11.3 Å². The van der Waals surface area contributed by atoms with Crippen molar-refractivity contribution in [1.29, 1.82) is 0 Å². The lowest BCUT2D eigenvalue weighted by molar-refractivity contribution is -0.116. The van der Waals surface area contributed by atoms with E-state index in [2.05, 4.69) is 10.3 Å². The first-order valence-electron chi connectivity index (χ1n) is 8.91. The molecule has 0 atom stereocenters. The van der Waals surface area contributed by atoms with Crippen LogP contribution in [0.1, 0.15) is 45.5 Å². The third kappa shape index (κ3) is 3.88. The van der Waals surface area contributed by atoms with Gasteiger partial charge in [-0.2, -0.15) is 0 Å². The zero-order valence-corrected chi connectivity index (χ0v) is 16.8. The Kier molecular flexibility index (Phi) is 5.60. The molecule has 1 N–H and O–H groups in total. The van der Waals surface area contributed by atoms with Gasteiger partial charge in [-0.25, -0.2) is 9.78 Å². The number of rotatable bonds is 6. The number of imidazole rings is 1. The minimum absolute atomic E-state index is 0.132. The second-order valence-corrected chi connectivity index (χ2v) is 7.55. The molecule has 0 fully saturated rings. The number of aryl methyl sites for hydroxylation is 3. The van der Waals surface area contributed by atoms with Gasteiger partial charge in [-0.1, -0.05) is 6.07 Å². The standard InChI is InChI=1S/C20H23N3O3S/c1-5-26-20(25)18-12(2)14(4)27-19(18)22-17(24)10-9-15-13(3)21-16-8-6-7-11-23(15)16/h6-8,11H,5,9-10H2,1-4H3,(H,22,24). The fraction of sp³-hybridized carbons (Fsp3) is 0.350. The number of esters is 1. The van der Waals surface area contributed by atoms with Crippen molar-refractivity contribution >= 4 is 33.9 Å². The number of thiophene rings is 1. The number of hydrogen-bond donors (Lipinski definition) is 1. The van der Waals surface area contributed by atoms with E-state index in [0.29, 0.717) is 30.0 Å². The van der Waals surface area contributed by atoms with E-state index in [4.69, 9.17) is 4.74 Å². The molecule has 0 radical (unpaired) electrons. The second kappa shape index (κ2) is 7.92. The summed E-state index contributed by atoms with van der Waals surface area (Å²) in [5.41, 5.74) is 4.12. The van der Waals surface area contributed by atoms with Crippen molar-refractivity contribution in [3.05, 3.63) is 51.8 Å². The molecule has 0 unspecified atom stereocenters. The predicted octanol–water partition coefficient (Wildman–Crippen LogP) is 4.07. The molecule has 3 aromatic heterocycles. The molecule has 3 heterocycles. The average molecular weight is 385 g/mol. The van der Waals surface area contributed by atoms with Gasteiger partial charge in [0.1, 0.15) is 10.6 Å². The van der Waals surface area contributed by atoms with Crippen LogP contribution < -0.4 is 5.32 Å². The minimum Gasteiger partial charge on any atom is -0.462 e. The van der Waals surface area contributed by atoms with Crippen LogP contribution in [0.15, 0.2) is 24.4 Å². The SMILES string of the molecule is CCOC(=O)c1c(NC(=O)CCc2c(C)nc3ccccn23)sc(C)c1C. The number of carbonyl (C=O) groups is 2. The van der Waals surface area contributed by atoms with Crippen molar-refractivity contribution in [2.75, 3.05) is 11.9 Å². The Bertz CT molecular complexity index is 1000. The Morgan fingerprint density at radius 3 is 2.78 bits per heavy atom. The molecule has 0 aliphatic rings. The van der Waals surface area contributed by atoms with Crippen LogP contribution in [0.2, 0.25) is 0 Å². The summed E-state index contributed by atoms with van der Waals surface area (Å²) in [5, 5.41) is 3.45. The normalized spacial score (nSPS) is 11.0. The number of fused-ring (bicyclic) bond motifs is 1. The van der Waals surface area contributed by atoms with Crippen LogP contribution in [0.25, 0.3) is 5.65 Å². The van der Waals surface area contributed by atoms with Crippen LogP contribution in [-0.2, 0) is 16.0 Å². The summed E-state index contributed by atoms with van der Waals surface area (Å²) < 4.78 is 7.14. The lowest BCUT2D eigenvalue weighted by atomic mass is 10.1. The number of ether oxygens (including phenoxy) is 1. The second-order valence-electron chi connectivity index (χ2n) is 6.33. The highest BCUT2D eigenvalue weighted by molar-refractivity contribution is 7.16. The summed E-state index contributed by atoms with van der Waals surface area (Å²) in [4.78, 5) is 30.3. The maximum absolute atomic E-state index is 12.5. The van der Waals surface area contributed by atoms with E-state index in [1.54, 1.807) is 6.92 Å². The summed E-state index contributed by atoms with van der Waals surface area (Å²) >= 11 is 1.40. The highest BCUT2D eigenvalue weighted by atomic mass is 32.1. The monoisotopic (exact) mass is 385 g/mol. The average Bonchev–Trinajstić information content (AvgIpc) is 3.09. The lowest BCUT2D eigenvalue weighted by Gasteiger charge is -2.07. The van der Waals surface area contributed by atoms with E-state index in [0.717, 1.165) is 27.5 Å². The van der Waals surface area contributed by atoms with Gasteiger partial charge in [0.15, 0.2) is 0 Å². The van der Waals surface area contributed by atoms with Gasteiger partial charge in [0, 0.05) is 23.2 Å². The van der Waals surface area contributed by atoms with Crippen molar-refractivity contribution in [2.24, 2.45) is 0 Å². The molecule has 0 bridgehead atoms. The van der Waals surface area contributed by atoms with Crippen molar-refractivity contribution in [3.8, 4) is 0 Å². The third-order valence-corrected chi connectivity index (χ3v) is 5.66. The van der Waals surface area contributed by atoms with Gasteiger partial charge in [-0.15, -0.1) is 11.3 Å². The number of pyridine rings is 1. The molecule has 142 valence electrons. The lowest BCUT2D eigenvalue weighted by Crippen LogP contribution is -2.15. The molecule has 1 amide bonds. The number of hydrogen-bond acceptors (Lipinski definition) is 5. The molecule has 7 heteroatoms. The number of nitrogens with zero attached hydrogens (tertiary/aromatic N) is 2. The Hall–Kier alpha value is -2.67. The fourth-order valence-electron chi connectivity index (χ4n) is 3.05. The summed E-state index contributed by atoms with van der Waals surface area (Å²) in [6, 6.07) is 5.83. The van der Waals surface area contributed by atoms with Crippen LogP contribution in [-0.4, -0.2) is 27.9 Å². The molecule has 27 heavy (non-hydrogen) atoms. The van der Waals surface area contributed by atoms with Crippen molar-refractivity contribution in [1.82, 2.24) is 9.38 Å². The Morgan fingerprint density at radius 2 is 2.04 bits per heavy atom. The Balaban J connectivity index is 1.74. The molecule has 0 saturated heterocycles. The summed E-state index contributed by atoms with van der Waals surface area (Å²) in [5.74, 6) is -0.528. The topological polar surface area (TPSA) is 72.7 Å². The smallest absolute Gasteiger partial charge is 0.341 e. The van der Waals surface area contributed by atoms with Crippen molar-refractivity contribution < 1.29 is 14.3 Å². The Morgan fingerprint density at radius 1 is 1.26 bits per heavy atom. The molecule has 0 aliphatic carbocycles. The molecular weight excluding hydrogens is 362 g/mol. The third-order valence-electron chi connectivity index (χ3n) is 4.54. The minimum atomic E-state index is -0.396. The summed E-state index contributed by atoms with van der Waals surface area (Å²) in [6.07, 6.45) is 2.83. The molecule has 6 nitrogen and oxygen atoms in total. The molecule has 0 spiro atoms. The largest absolute Gasteiger partial charge is 0.462 e. The van der Waals surface area contributed by atoms with Gasteiger partial charge in [0.2, 0.25) is 5.91 Å². The highest BCUT2D eigenvalue weighted by Crippen LogP contribution is 2.33. The highest BCUT2D eigenvalue weighted by Gasteiger charge is 2.22. The van der Waals surface area contributed by atoms with Gasteiger partial charge in [-0.3, -0.25) is 4.79 Å². The van der Waals surface area contributed by atoms with E-state index in [9.17, 15) is 9.59 Å².